The average Bonchev–Trinajstić information content (AvgIpc) is 3.29. The van der Waals surface area contributed by atoms with Crippen LogP contribution < -0.4 is 0 Å². The predicted octanol–water partition coefficient (Wildman–Crippen LogP) is 7.22. The van der Waals surface area contributed by atoms with Gasteiger partial charge in [0.2, 0.25) is 0 Å². The van der Waals surface area contributed by atoms with Crippen molar-refractivity contribution >= 4 is 58.0 Å². The summed E-state index contributed by atoms with van der Waals surface area (Å²) in [6, 6.07) is 12.0. The summed E-state index contributed by atoms with van der Waals surface area (Å²) in [5.74, 6) is 5.72. The van der Waals surface area contributed by atoms with Gasteiger partial charge >= 0.3 is 0 Å². The molecule has 0 aromatic carbocycles. The summed E-state index contributed by atoms with van der Waals surface area (Å²) in [7, 11) is -1.17. The molecule has 24 heavy (non-hydrogen) atoms. The molecule has 3 aromatic heterocycles. The molecule has 124 valence electrons. The fraction of sp³-hybridized carbons (Fsp3) is 0.158. The van der Waals surface area contributed by atoms with E-state index in [-0.39, 0.29) is 0 Å². The molecule has 0 unspecified atom stereocenters. The molecule has 3 rings (SSSR count). The van der Waals surface area contributed by atoms with Crippen molar-refractivity contribution in [2.75, 3.05) is 0 Å². The highest BCUT2D eigenvalue weighted by atomic mass is 79.9. The maximum absolute atomic E-state index is 5.05. The third kappa shape index (κ3) is 10.6. The van der Waals surface area contributed by atoms with Gasteiger partial charge in [-0.25, -0.2) is 0 Å². The SMILES string of the molecule is Brc1cccs1.C#Cc1cccs1.C[Si](C)(C)C#Cc1cccs1. The summed E-state index contributed by atoms with van der Waals surface area (Å²) >= 11 is 8.29. The van der Waals surface area contributed by atoms with Gasteiger partial charge in [0, 0.05) is 0 Å². The standard InChI is InChI=1S/C9H12SSi.C6H4S.C4H3BrS/c1-11(2,3)8-6-9-5-4-7-10-9;1-2-6-4-3-5-7-6;5-4-2-1-3-6-4/h4-5,7H,1-3H3;1,3-5H;1-3H. The number of hydrogen-bond donors (Lipinski definition) is 0. The molecule has 0 aliphatic heterocycles. The molecule has 0 fully saturated rings. The van der Waals surface area contributed by atoms with Gasteiger partial charge in [0.15, 0.2) is 0 Å². The molecule has 0 aliphatic carbocycles. The Hall–Kier alpha value is -1.08. The Morgan fingerprint density at radius 2 is 1.42 bits per heavy atom. The first kappa shape index (κ1) is 21.0. The van der Waals surface area contributed by atoms with Gasteiger partial charge in [0.1, 0.15) is 8.07 Å². The molecule has 0 N–H and O–H groups in total. The van der Waals surface area contributed by atoms with Crippen molar-refractivity contribution in [3.63, 3.8) is 0 Å². The first-order chi connectivity index (χ1) is 11.4. The third-order valence-electron chi connectivity index (χ3n) is 2.23. The minimum atomic E-state index is -1.17. The first-order valence-corrected chi connectivity index (χ1v) is 14.1. The molecule has 0 atom stereocenters. The smallest absolute Gasteiger partial charge is 0.129 e. The van der Waals surface area contributed by atoms with Crippen LogP contribution in [0.3, 0.4) is 0 Å². The van der Waals surface area contributed by atoms with Crippen LogP contribution in [0.5, 0.6) is 0 Å². The second kappa shape index (κ2) is 11.5. The van der Waals surface area contributed by atoms with Crippen LogP contribution in [0.15, 0.2) is 56.3 Å². The van der Waals surface area contributed by atoms with Crippen LogP contribution in [-0.2, 0) is 0 Å². The van der Waals surface area contributed by atoms with Gasteiger partial charge in [-0.3, -0.25) is 0 Å². The van der Waals surface area contributed by atoms with Crippen molar-refractivity contribution in [3.8, 4) is 23.8 Å². The van der Waals surface area contributed by atoms with Crippen molar-refractivity contribution in [3.05, 3.63) is 66.1 Å². The van der Waals surface area contributed by atoms with E-state index in [2.05, 4.69) is 64.4 Å². The highest BCUT2D eigenvalue weighted by molar-refractivity contribution is 9.11. The average molecular weight is 452 g/mol. The Balaban J connectivity index is 0.000000191. The number of hydrogen-bond acceptors (Lipinski definition) is 3. The van der Waals surface area contributed by atoms with Crippen molar-refractivity contribution < 1.29 is 0 Å². The maximum atomic E-state index is 5.05. The Morgan fingerprint density at radius 1 is 0.875 bits per heavy atom. The normalized spacial score (nSPS) is 9.29. The zero-order valence-electron chi connectivity index (χ0n) is 13.9. The number of terminal acetylenes is 1. The van der Waals surface area contributed by atoms with E-state index in [9.17, 15) is 0 Å². The molecule has 5 heteroatoms. The molecule has 0 spiro atoms. The summed E-state index contributed by atoms with van der Waals surface area (Å²) < 4.78 is 1.20. The van der Waals surface area contributed by atoms with E-state index in [1.54, 1.807) is 34.0 Å². The lowest BCUT2D eigenvalue weighted by atomic mass is 10.5. The van der Waals surface area contributed by atoms with E-state index in [1.807, 2.05) is 41.1 Å². The van der Waals surface area contributed by atoms with Crippen LogP contribution >= 0.6 is 49.9 Å². The summed E-state index contributed by atoms with van der Waals surface area (Å²) in [5.41, 5.74) is 3.32. The monoisotopic (exact) mass is 450 g/mol. The van der Waals surface area contributed by atoms with Crippen molar-refractivity contribution in [1.29, 1.82) is 0 Å². The fourth-order valence-corrected chi connectivity index (χ4v) is 3.84. The predicted molar refractivity (Wildman–Crippen MR) is 119 cm³/mol. The molecule has 0 saturated carbocycles. The Kier molecular flexibility index (Phi) is 10.0. The van der Waals surface area contributed by atoms with Crippen LogP contribution in [0, 0.1) is 23.8 Å². The summed E-state index contributed by atoms with van der Waals surface area (Å²) in [6.45, 7) is 6.77. The quantitative estimate of drug-likeness (QED) is 0.250. The Bertz CT molecular complexity index is 763. The first-order valence-electron chi connectivity index (χ1n) is 7.16. The van der Waals surface area contributed by atoms with E-state index in [1.165, 1.54) is 8.66 Å². The van der Waals surface area contributed by atoms with Crippen LogP contribution in [0.1, 0.15) is 9.75 Å². The van der Waals surface area contributed by atoms with Gasteiger partial charge in [-0.1, -0.05) is 49.7 Å². The van der Waals surface area contributed by atoms with E-state index >= 15 is 0 Å². The molecular formula is C19H19BrS3Si. The topological polar surface area (TPSA) is 0 Å². The van der Waals surface area contributed by atoms with Crippen LogP contribution in [0.4, 0.5) is 0 Å². The molecule has 0 nitrogen and oxygen atoms in total. The molecule has 3 aromatic rings. The third-order valence-corrected chi connectivity index (χ3v) is 6.17. The van der Waals surface area contributed by atoms with Gasteiger partial charge < -0.3 is 0 Å². The molecule has 0 saturated heterocycles. The highest BCUT2D eigenvalue weighted by Gasteiger charge is 2.07. The minimum Gasteiger partial charge on any atom is -0.137 e. The van der Waals surface area contributed by atoms with Crippen molar-refractivity contribution in [1.82, 2.24) is 0 Å². The van der Waals surface area contributed by atoms with E-state index in [0.717, 1.165) is 4.88 Å². The summed E-state index contributed by atoms with van der Waals surface area (Å²) in [6.07, 6.45) is 5.05. The molecule has 0 amide bonds. The maximum Gasteiger partial charge on any atom is 0.129 e. The lowest BCUT2D eigenvalue weighted by molar-refractivity contribution is 1.81. The van der Waals surface area contributed by atoms with E-state index < -0.39 is 8.07 Å². The van der Waals surface area contributed by atoms with Gasteiger partial charge in [-0.05, 0) is 50.3 Å². The molecule has 0 bridgehead atoms. The number of halogens is 1. The van der Waals surface area contributed by atoms with Gasteiger partial charge in [-0.15, -0.1) is 46.0 Å². The van der Waals surface area contributed by atoms with Gasteiger partial charge in [-0.2, -0.15) is 0 Å². The second-order valence-electron chi connectivity index (χ2n) is 5.52. The van der Waals surface area contributed by atoms with Crippen LogP contribution in [0.2, 0.25) is 19.6 Å². The minimum absolute atomic E-state index is 1.00. The zero-order chi connectivity index (χ0) is 17.8. The second-order valence-corrected chi connectivity index (χ2v) is 14.5. The Labute approximate surface area is 166 Å². The number of thiophene rings is 3. The van der Waals surface area contributed by atoms with Crippen molar-refractivity contribution in [2.45, 2.75) is 19.6 Å². The zero-order valence-corrected chi connectivity index (χ0v) is 18.9. The molecule has 0 radical (unpaired) electrons. The van der Waals surface area contributed by atoms with E-state index in [4.69, 9.17) is 6.42 Å². The lowest BCUT2D eigenvalue weighted by Crippen LogP contribution is -2.16. The number of rotatable bonds is 0. The highest BCUT2D eigenvalue weighted by Crippen LogP contribution is 2.14. The molecule has 3 heterocycles. The van der Waals surface area contributed by atoms with Gasteiger partial charge in [0.05, 0.1) is 13.5 Å². The lowest BCUT2D eigenvalue weighted by Gasteiger charge is -2.02. The summed E-state index contributed by atoms with van der Waals surface area (Å²) in [5, 5.41) is 6.06. The molecular weight excluding hydrogens is 432 g/mol. The van der Waals surface area contributed by atoms with Crippen LogP contribution in [-0.4, -0.2) is 8.07 Å². The molecule has 0 aliphatic rings. The largest absolute Gasteiger partial charge is 0.137 e. The van der Waals surface area contributed by atoms with Gasteiger partial charge in [0.25, 0.3) is 0 Å². The van der Waals surface area contributed by atoms with Crippen LogP contribution in [0.25, 0.3) is 0 Å². The van der Waals surface area contributed by atoms with E-state index in [0.29, 0.717) is 0 Å². The van der Waals surface area contributed by atoms with Crippen molar-refractivity contribution in [2.24, 2.45) is 0 Å². The summed E-state index contributed by atoms with van der Waals surface area (Å²) in [4.78, 5) is 2.19. The fourth-order valence-electron chi connectivity index (χ4n) is 1.22. The Morgan fingerprint density at radius 3 is 1.71 bits per heavy atom.